The summed E-state index contributed by atoms with van der Waals surface area (Å²) in [7, 11) is 0. The third-order valence-electron chi connectivity index (χ3n) is 2.78. The second-order valence-corrected chi connectivity index (χ2v) is 6.35. The first-order chi connectivity index (χ1) is 9.52. The molecule has 1 atom stereocenters. The van der Waals surface area contributed by atoms with E-state index in [1.807, 2.05) is 25.1 Å². The molecule has 0 N–H and O–H groups in total. The molecule has 5 heteroatoms. The molecule has 0 heterocycles. The summed E-state index contributed by atoms with van der Waals surface area (Å²) in [6.45, 7) is 2.48. The van der Waals surface area contributed by atoms with Crippen LogP contribution < -0.4 is 4.74 Å². The lowest BCUT2D eigenvalue weighted by molar-refractivity contribution is 0.337. The van der Waals surface area contributed by atoms with Crippen molar-refractivity contribution >= 4 is 43.5 Å². The summed E-state index contributed by atoms with van der Waals surface area (Å²) in [6.07, 6.45) is 0. The Hall–Kier alpha value is -0.580. The average Bonchev–Trinajstić information content (AvgIpc) is 2.40. The number of alkyl halides is 1. The first-order valence-electron chi connectivity index (χ1n) is 6.04. The van der Waals surface area contributed by atoms with E-state index >= 15 is 0 Å². The molecule has 0 aliphatic carbocycles. The molecule has 2 aromatic carbocycles. The van der Waals surface area contributed by atoms with Crippen LogP contribution in [0.5, 0.6) is 5.75 Å². The molecule has 0 radical (unpaired) electrons. The Balaban J connectivity index is 2.46. The summed E-state index contributed by atoms with van der Waals surface area (Å²) in [6, 6.07) is 10.2. The standard InChI is InChI=1S/C15H12Br2ClFO/c1-2-20-14-6-3-9(16)7-12(14)15(18)11-5-4-10(19)8-13(11)17/h3-8,15H,2H2,1H3. The van der Waals surface area contributed by atoms with E-state index in [0.717, 1.165) is 21.3 Å². The molecule has 0 spiro atoms. The monoisotopic (exact) mass is 420 g/mol. The van der Waals surface area contributed by atoms with Gasteiger partial charge in [-0.15, -0.1) is 11.6 Å². The van der Waals surface area contributed by atoms with Crippen molar-refractivity contribution < 1.29 is 9.13 Å². The number of rotatable bonds is 4. The van der Waals surface area contributed by atoms with Crippen LogP contribution in [0.2, 0.25) is 0 Å². The van der Waals surface area contributed by atoms with Crippen LogP contribution >= 0.6 is 43.5 Å². The Bertz CT molecular complexity index is 619. The molecule has 0 aliphatic rings. The summed E-state index contributed by atoms with van der Waals surface area (Å²) in [5.74, 6) is 0.427. The summed E-state index contributed by atoms with van der Waals surface area (Å²) < 4.78 is 20.3. The molecule has 0 aromatic heterocycles. The maximum atomic E-state index is 13.2. The van der Waals surface area contributed by atoms with Crippen molar-refractivity contribution in [3.05, 3.63) is 62.3 Å². The van der Waals surface area contributed by atoms with Crippen molar-refractivity contribution in [3.8, 4) is 5.75 Å². The Morgan fingerprint density at radius 1 is 1.15 bits per heavy atom. The van der Waals surface area contributed by atoms with Crippen LogP contribution in [-0.2, 0) is 0 Å². The number of ether oxygens (including phenoxy) is 1. The van der Waals surface area contributed by atoms with E-state index < -0.39 is 5.38 Å². The molecule has 1 unspecified atom stereocenters. The first kappa shape index (κ1) is 15.8. The van der Waals surface area contributed by atoms with Gasteiger partial charge in [-0.25, -0.2) is 4.39 Å². The second-order valence-electron chi connectivity index (χ2n) is 4.14. The van der Waals surface area contributed by atoms with Crippen LogP contribution in [0.4, 0.5) is 4.39 Å². The smallest absolute Gasteiger partial charge is 0.124 e. The molecule has 106 valence electrons. The minimum atomic E-state index is -0.427. The van der Waals surface area contributed by atoms with Crippen LogP contribution in [0.3, 0.4) is 0 Å². The van der Waals surface area contributed by atoms with Crippen LogP contribution in [0.25, 0.3) is 0 Å². The van der Waals surface area contributed by atoms with Crippen molar-refractivity contribution in [1.29, 1.82) is 0 Å². The highest BCUT2D eigenvalue weighted by Gasteiger charge is 2.19. The van der Waals surface area contributed by atoms with Gasteiger partial charge in [0.15, 0.2) is 0 Å². The number of hydrogen-bond donors (Lipinski definition) is 0. The second kappa shape index (κ2) is 6.92. The Morgan fingerprint density at radius 2 is 1.90 bits per heavy atom. The molecule has 20 heavy (non-hydrogen) atoms. The van der Waals surface area contributed by atoms with E-state index in [2.05, 4.69) is 31.9 Å². The maximum absolute atomic E-state index is 13.2. The average molecular weight is 423 g/mol. The zero-order valence-corrected chi connectivity index (χ0v) is 14.6. The fourth-order valence-corrected chi connectivity index (χ4v) is 3.33. The predicted octanol–water partition coefficient (Wildman–Crippen LogP) is 6.08. The molecule has 0 aliphatic heterocycles. The number of hydrogen-bond acceptors (Lipinski definition) is 1. The molecule has 2 aromatic rings. The van der Waals surface area contributed by atoms with Crippen LogP contribution in [0.1, 0.15) is 23.4 Å². The maximum Gasteiger partial charge on any atom is 0.124 e. The van der Waals surface area contributed by atoms with E-state index in [1.165, 1.54) is 12.1 Å². The summed E-state index contributed by atoms with van der Waals surface area (Å²) in [5, 5.41) is -0.427. The molecular formula is C15H12Br2ClFO. The van der Waals surface area contributed by atoms with Gasteiger partial charge < -0.3 is 4.74 Å². The normalized spacial score (nSPS) is 12.2. The summed E-state index contributed by atoms with van der Waals surface area (Å²) in [4.78, 5) is 0. The van der Waals surface area contributed by atoms with Gasteiger partial charge in [0.25, 0.3) is 0 Å². The molecule has 0 amide bonds. The topological polar surface area (TPSA) is 9.23 Å². The van der Waals surface area contributed by atoms with Gasteiger partial charge in [0.2, 0.25) is 0 Å². The van der Waals surface area contributed by atoms with Gasteiger partial charge in [-0.05, 0) is 42.8 Å². The first-order valence-corrected chi connectivity index (χ1v) is 8.06. The van der Waals surface area contributed by atoms with Crippen LogP contribution in [0, 0.1) is 5.82 Å². The van der Waals surface area contributed by atoms with Gasteiger partial charge in [0.05, 0.1) is 12.0 Å². The highest BCUT2D eigenvalue weighted by Crippen LogP contribution is 2.39. The van der Waals surface area contributed by atoms with Crippen LogP contribution in [0.15, 0.2) is 45.3 Å². The lowest BCUT2D eigenvalue weighted by Gasteiger charge is -2.17. The third kappa shape index (κ3) is 3.54. The van der Waals surface area contributed by atoms with Crippen LogP contribution in [-0.4, -0.2) is 6.61 Å². The van der Waals surface area contributed by atoms with E-state index in [4.69, 9.17) is 16.3 Å². The summed E-state index contributed by atoms with van der Waals surface area (Å²) >= 11 is 13.3. The minimum Gasteiger partial charge on any atom is -0.494 e. The lowest BCUT2D eigenvalue weighted by atomic mass is 10.0. The van der Waals surface area contributed by atoms with Crippen molar-refractivity contribution in [3.63, 3.8) is 0 Å². The van der Waals surface area contributed by atoms with Gasteiger partial charge in [0.1, 0.15) is 11.6 Å². The van der Waals surface area contributed by atoms with E-state index in [1.54, 1.807) is 6.07 Å². The van der Waals surface area contributed by atoms with Gasteiger partial charge >= 0.3 is 0 Å². The fraction of sp³-hybridized carbons (Fsp3) is 0.200. The zero-order valence-electron chi connectivity index (χ0n) is 10.7. The number of benzene rings is 2. The molecule has 1 nitrogen and oxygen atoms in total. The van der Waals surface area contributed by atoms with Gasteiger partial charge in [-0.2, -0.15) is 0 Å². The zero-order chi connectivity index (χ0) is 14.7. The van der Waals surface area contributed by atoms with E-state index in [9.17, 15) is 4.39 Å². The lowest BCUT2D eigenvalue weighted by Crippen LogP contribution is -2.01. The Morgan fingerprint density at radius 3 is 2.55 bits per heavy atom. The van der Waals surface area contributed by atoms with E-state index in [0.29, 0.717) is 11.1 Å². The van der Waals surface area contributed by atoms with Crippen molar-refractivity contribution in [2.45, 2.75) is 12.3 Å². The number of halogens is 4. The minimum absolute atomic E-state index is 0.302. The SMILES string of the molecule is CCOc1ccc(Br)cc1C(Cl)c1ccc(F)cc1Br. The molecular weight excluding hydrogens is 410 g/mol. The highest BCUT2D eigenvalue weighted by molar-refractivity contribution is 9.10. The highest BCUT2D eigenvalue weighted by atomic mass is 79.9. The van der Waals surface area contributed by atoms with Gasteiger partial charge in [-0.1, -0.05) is 37.9 Å². The quantitative estimate of drug-likeness (QED) is 0.543. The van der Waals surface area contributed by atoms with Gasteiger partial charge in [0, 0.05) is 14.5 Å². The van der Waals surface area contributed by atoms with Crippen molar-refractivity contribution in [2.24, 2.45) is 0 Å². The fourth-order valence-electron chi connectivity index (χ4n) is 1.88. The van der Waals surface area contributed by atoms with Crippen molar-refractivity contribution in [1.82, 2.24) is 0 Å². The van der Waals surface area contributed by atoms with Gasteiger partial charge in [-0.3, -0.25) is 0 Å². The molecule has 0 fully saturated rings. The predicted molar refractivity (Wildman–Crippen MR) is 87.1 cm³/mol. The molecule has 0 saturated carbocycles. The third-order valence-corrected chi connectivity index (χ3v) is 4.43. The molecule has 0 saturated heterocycles. The molecule has 2 rings (SSSR count). The molecule has 0 bridgehead atoms. The summed E-state index contributed by atoms with van der Waals surface area (Å²) in [5.41, 5.74) is 1.64. The Kier molecular flexibility index (Phi) is 5.47. The Labute approximate surface area is 139 Å². The van der Waals surface area contributed by atoms with E-state index in [-0.39, 0.29) is 5.82 Å². The largest absolute Gasteiger partial charge is 0.494 e. The van der Waals surface area contributed by atoms with Crippen molar-refractivity contribution in [2.75, 3.05) is 6.61 Å².